The number of hydrogen-bond donors (Lipinski definition) is 1. The van der Waals surface area contributed by atoms with Gasteiger partial charge in [-0.15, -0.1) is 23.2 Å². The van der Waals surface area contributed by atoms with Crippen LogP contribution in [0.1, 0.15) is 17.0 Å². The summed E-state index contributed by atoms with van der Waals surface area (Å²) in [5.41, 5.74) is 2.37. The number of nitrogens with zero attached hydrogens (tertiary/aromatic N) is 1. The van der Waals surface area contributed by atoms with Crippen LogP contribution in [0.3, 0.4) is 0 Å². The number of anilines is 2. The molecule has 0 heterocycles. The van der Waals surface area contributed by atoms with E-state index in [1.807, 2.05) is 0 Å². The molecule has 3 nitrogen and oxygen atoms in total. The molecule has 1 saturated carbocycles. The second-order valence-electron chi connectivity index (χ2n) is 7.86. The van der Waals surface area contributed by atoms with Crippen LogP contribution in [-0.4, -0.2) is 22.3 Å². The Morgan fingerprint density at radius 2 is 1.62 bits per heavy atom. The summed E-state index contributed by atoms with van der Waals surface area (Å²) in [4.78, 5) is 15.1. The average Bonchev–Trinajstić information content (AvgIpc) is 3.36. The van der Waals surface area contributed by atoms with E-state index in [1.165, 1.54) is 12.1 Å². The molecule has 0 bridgehead atoms. The van der Waals surface area contributed by atoms with Gasteiger partial charge >= 0.3 is 0 Å². The van der Waals surface area contributed by atoms with Crippen molar-refractivity contribution in [3.63, 3.8) is 0 Å². The monoisotopic (exact) mass is 574 g/mol. The van der Waals surface area contributed by atoms with Crippen LogP contribution < -0.4 is 10.2 Å². The van der Waals surface area contributed by atoms with E-state index in [0.29, 0.717) is 42.6 Å². The Balaban J connectivity index is 1.53. The fourth-order valence-corrected chi connectivity index (χ4v) is 5.68. The zero-order valence-corrected chi connectivity index (χ0v) is 22.1. The van der Waals surface area contributed by atoms with Gasteiger partial charge in [-0.1, -0.05) is 47.0 Å². The van der Waals surface area contributed by atoms with Gasteiger partial charge in [-0.25, -0.2) is 4.39 Å². The largest absolute Gasteiger partial charge is 0.335 e. The summed E-state index contributed by atoms with van der Waals surface area (Å²) in [6.07, 6.45) is 0. The number of benzene rings is 3. The van der Waals surface area contributed by atoms with Gasteiger partial charge < -0.3 is 10.2 Å². The first kappa shape index (κ1) is 25.5. The lowest BCUT2D eigenvalue weighted by Gasteiger charge is -2.21. The number of carbonyl (C=O) groups is 1. The summed E-state index contributed by atoms with van der Waals surface area (Å²) in [6.45, 7) is 0. The predicted octanol–water partition coefficient (Wildman–Crippen LogP) is 8.12. The highest BCUT2D eigenvalue weighted by atomic mass is 35.5. The fourth-order valence-electron chi connectivity index (χ4n) is 3.77. The Bertz CT molecular complexity index is 1260. The lowest BCUT2D eigenvalue weighted by Crippen LogP contribution is -2.25. The number of nitrogens with one attached hydrogen (secondary N) is 1. The van der Waals surface area contributed by atoms with Crippen molar-refractivity contribution in [3.8, 4) is 0 Å². The van der Waals surface area contributed by atoms with Crippen LogP contribution in [-0.2, 0) is 4.79 Å². The maximum atomic E-state index is 13.3. The third-order valence-corrected chi connectivity index (χ3v) is 7.76. The maximum absolute atomic E-state index is 13.3. The number of hydrogen-bond acceptors (Lipinski definition) is 2. The Labute approximate surface area is 226 Å². The molecule has 176 valence electrons. The second-order valence-corrected chi connectivity index (χ2v) is 11.0. The van der Waals surface area contributed by atoms with Crippen molar-refractivity contribution in [3.05, 3.63) is 92.7 Å². The van der Waals surface area contributed by atoms with Crippen LogP contribution in [0, 0.1) is 11.7 Å². The highest BCUT2D eigenvalue weighted by molar-refractivity contribution is 7.81. The van der Waals surface area contributed by atoms with Gasteiger partial charge in [-0.3, -0.25) is 4.79 Å². The van der Waals surface area contributed by atoms with Crippen LogP contribution in [0.25, 0.3) is 0 Å². The predicted molar refractivity (Wildman–Crippen MR) is 144 cm³/mol. The lowest BCUT2D eigenvalue weighted by atomic mass is 10.1. The first-order valence-corrected chi connectivity index (χ1v) is 12.3. The van der Waals surface area contributed by atoms with Gasteiger partial charge in [-0.05, 0) is 66.2 Å². The Morgan fingerprint density at radius 1 is 1.00 bits per heavy atom. The van der Waals surface area contributed by atoms with Crippen molar-refractivity contribution in [2.75, 3.05) is 17.3 Å². The summed E-state index contributed by atoms with van der Waals surface area (Å²) < 4.78 is 12.0. The third kappa shape index (κ3) is 5.15. The van der Waals surface area contributed by atoms with Gasteiger partial charge in [0, 0.05) is 39.9 Å². The van der Waals surface area contributed by atoms with E-state index in [2.05, 4.69) is 5.32 Å². The molecule has 1 aliphatic carbocycles. The summed E-state index contributed by atoms with van der Waals surface area (Å²) in [5, 5.41) is 4.10. The molecule has 34 heavy (non-hydrogen) atoms. The minimum absolute atomic E-state index is 0.348. The zero-order chi connectivity index (χ0) is 24.8. The van der Waals surface area contributed by atoms with Crippen molar-refractivity contribution in [1.29, 1.82) is 0 Å². The van der Waals surface area contributed by atoms with E-state index in [0.717, 1.165) is 0 Å². The van der Waals surface area contributed by atoms with Gasteiger partial charge in [0.05, 0.1) is 10.9 Å². The van der Waals surface area contributed by atoms with E-state index in [4.69, 9.17) is 70.2 Å². The molecule has 4 rings (SSSR count). The van der Waals surface area contributed by atoms with E-state index < -0.39 is 16.2 Å². The molecule has 0 radical (unpaired) electrons. The highest BCUT2D eigenvalue weighted by Gasteiger charge is 2.67. The van der Waals surface area contributed by atoms with E-state index in [-0.39, 0.29) is 11.7 Å². The van der Waals surface area contributed by atoms with Crippen LogP contribution in [0.5, 0.6) is 0 Å². The standard InChI is InChI=1S/C24H16Cl5FN2OS/c1-32(17-5-2-15(30)3-6-17)23(34)18-11-16(4-7-19(18)27)31-22(33)21-20(24(21,28)29)12-8-13(25)10-14(26)9-12/h2-11,20-21H,1H3,(H,31,33)/t20-,21+/m0/s1. The topological polar surface area (TPSA) is 32.3 Å². The fraction of sp³-hybridized carbons (Fsp3) is 0.167. The van der Waals surface area contributed by atoms with Crippen LogP contribution in [0.15, 0.2) is 60.7 Å². The molecular weight excluding hydrogens is 561 g/mol. The molecule has 3 aromatic carbocycles. The summed E-state index contributed by atoms with van der Waals surface area (Å²) >= 11 is 37.1. The smallest absolute Gasteiger partial charge is 0.231 e. The Morgan fingerprint density at radius 3 is 2.24 bits per heavy atom. The number of alkyl halides is 2. The minimum atomic E-state index is -1.30. The summed E-state index contributed by atoms with van der Waals surface area (Å²) in [7, 11) is 1.75. The molecule has 0 aliphatic heterocycles. The van der Waals surface area contributed by atoms with Gasteiger partial charge in [0.25, 0.3) is 0 Å². The van der Waals surface area contributed by atoms with Crippen molar-refractivity contribution >= 4 is 92.5 Å². The van der Waals surface area contributed by atoms with E-state index >= 15 is 0 Å². The van der Waals surface area contributed by atoms with Crippen molar-refractivity contribution < 1.29 is 9.18 Å². The number of halogens is 6. The summed E-state index contributed by atoms with van der Waals surface area (Å²) in [5.74, 6) is -1.89. The van der Waals surface area contributed by atoms with Gasteiger partial charge in [0.15, 0.2) is 0 Å². The van der Waals surface area contributed by atoms with Crippen molar-refractivity contribution in [2.24, 2.45) is 5.92 Å². The van der Waals surface area contributed by atoms with Gasteiger partial charge in [0.2, 0.25) is 5.91 Å². The maximum Gasteiger partial charge on any atom is 0.231 e. The molecule has 1 amide bonds. The molecule has 0 unspecified atom stereocenters. The minimum Gasteiger partial charge on any atom is -0.335 e. The second kappa shape index (κ2) is 9.81. The number of rotatable bonds is 5. The first-order chi connectivity index (χ1) is 16.0. The SMILES string of the molecule is CN(C(=S)c1cc(NC(=O)[C@H]2[C@H](c3cc(Cl)cc(Cl)c3)C2(Cl)Cl)ccc1Cl)c1ccc(F)cc1. The van der Waals surface area contributed by atoms with E-state index in [1.54, 1.807) is 60.5 Å². The number of carbonyl (C=O) groups excluding carboxylic acids is 1. The highest BCUT2D eigenvalue weighted by Crippen LogP contribution is 2.65. The van der Waals surface area contributed by atoms with Gasteiger partial charge in [-0.2, -0.15) is 0 Å². The van der Waals surface area contributed by atoms with Crippen molar-refractivity contribution in [1.82, 2.24) is 0 Å². The quantitative estimate of drug-likeness (QED) is 0.246. The average molecular weight is 577 g/mol. The third-order valence-electron chi connectivity index (χ3n) is 5.56. The van der Waals surface area contributed by atoms with Crippen LogP contribution >= 0.6 is 70.2 Å². The number of amides is 1. The Kier molecular flexibility index (Phi) is 7.35. The molecule has 10 heteroatoms. The zero-order valence-electron chi connectivity index (χ0n) is 17.5. The molecule has 0 spiro atoms. The lowest BCUT2D eigenvalue weighted by molar-refractivity contribution is -0.117. The van der Waals surface area contributed by atoms with Crippen LogP contribution in [0.4, 0.5) is 15.8 Å². The van der Waals surface area contributed by atoms with Gasteiger partial charge in [0.1, 0.15) is 15.1 Å². The normalized spacial score (nSPS) is 18.3. The number of thiocarbonyl (C=S) groups is 1. The molecule has 0 aromatic heterocycles. The molecule has 0 saturated heterocycles. The molecule has 1 fully saturated rings. The first-order valence-electron chi connectivity index (χ1n) is 9.97. The Hall–Kier alpha value is -1.60. The molecular formula is C24H16Cl5FN2OS. The molecule has 3 aromatic rings. The van der Waals surface area contributed by atoms with Crippen molar-refractivity contribution in [2.45, 2.75) is 10.3 Å². The van der Waals surface area contributed by atoms with E-state index in [9.17, 15) is 9.18 Å². The van der Waals surface area contributed by atoms with Crippen LogP contribution in [0.2, 0.25) is 15.1 Å². The molecule has 2 atom stereocenters. The molecule has 1 N–H and O–H groups in total. The summed E-state index contributed by atoms with van der Waals surface area (Å²) in [6, 6.07) is 15.8. The molecule has 1 aliphatic rings.